The van der Waals surface area contributed by atoms with E-state index in [1.165, 1.54) is 46.8 Å². The number of ether oxygens (including phenoxy) is 1. The minimum Gasteiger partial charge on any atom is -0.380 e. The predicted molar refractivity (Wildman–Crippen MR) is 103 cm³/mol. The van der Waals surface area contributed by atoms with Crippen LogP contribution in [0.1, 0.15) is 5.56 Å². The molecule has 3 rings (SSSR count). The van der Waals surface area contributed by atoms with Gasteiger partial charge in [-0.05, 0) is 29.8 Å². The number of halogens is 3. The van der Waals surface area contributed by atoms with E-state index >= 15 is 0 Å². The van der Waals surface area contributed by atoms with Crippen LogP contribution >= 0.6 is 0 Å². The van der Waals surface area contributed by atoms with Crippen molar-refractivity contribution in [3.8, 4) is 0 Å². The molecule has 7 nitrogen and oxygen atoms in total. The molecular formula is C18H19F3N2O5S2. The Labute approximate surface area is 172 Å². The molecule has 1 fully saturated rings. The van der Waals surface area contributed by atoms with Crippen LogP contribution < -0.4 is 5.32 Å². The van der Waals surface area contributed by atoms with E-state index in [0.717, 1.165) is 6.07 Å². The van der Waals surface area contributed by atoms with E-state index in [1.54, 1.807) is 0 Å². The van der Waals surface area contributed by atoms with Crippen molar-refractivity contribution in [3.05, 3.63) is 54.1 Å². The number of alkyl halides is 3. The first-order valence-electron chi connectivity index (χ1n) is 8.84. The molecule has 0 bridgehead atoms. The van der Waals surface area contributed by atoms with E-state index in [4.69, 9.17) is 4.74 Å². The number of para-hydroxylation sites is 1. The molecule has 30 heavy (non-hydrogen) atoms. The predicted octanol–water partition coefficient (Wildman–Crippen LogP) is 2.61. The summed E-state index contributed by atoms with van der Waals surface area (Å²) in [5.41, 5.74) is -5.05. The maximum absolute atomic E-state index is 12.9. The van der Waals surface area contributed by atoms with Crippen LogP contribution in [0.15, 0.2) is 58.3 Å². The highest BCUT2D eigenvalue weighted by Crippen LogP contribution is 2.34. The van der Waals surface area contributed by atoms with Crippen molar-refractivity contribution in [2.24, 2.45) is 0 Å². The Bertz CT molecular complexity index is 1100. The van der Waals surface area contributed by atoms with Crippen molar-refractivity contribution in [3.63, 3.8) is 0 Å². The monoisotopic (exact) mass is 464 g/mol. The molecule has 1 aliphatic heterocycles. The smallest absolute Gasteiger partial charge is 0.380 e. The number of sulfone groups is 1. The van der Waals surface area contributed by atoms with Crippen LogP contribution in [0.3, 0.4) is 0 Å². The lowest BCUT2D eigenvalue weighted by Gasteiger charge is -2.26. The van der Waals surface area contributed by atoms with Crippen molar-refractivity contribution in [1.29, 1.82) is 0 Å². The molecule has 164 valence electrons. The lowest BCUT2D eigenvalue weighted by Crippen LogP contribution is -2.40. The quantitative estimate of drug-likeness (QED) is 0.707. The summed E-state index contributed by atoms with van der Waals surface area (Å²) in [4.78, 5) is -0.780. The lowest BCUT2D eigenvalue weighted by atomic mass is 10.2. The van der Waals surface area contributed by atoms with E-state index < -0.39 is 30.3 Å². The summed E-state index contributed by atoms with van der Waals surface area (Å²) in [5, 5.41) is 2.67. The van der Waals surface area contributed by atoms with Gasteiger partial charge in [0.25, 0.3) is 9.84 Å². The van der Waals surface area contributed by atoms with Crippen LogP contribution in [0, 0.1) is 0 Å². The number of hydrogen-bond donors (Lipinski definition) is 1. The zero-order valence-corrected chi connectivity index (χ0v) is 17.2. The number of anilines is 1. The molecule has 0 aromatic heterocycles. The van der Waals surface area contributed by atoms with Crippen molar-refractivity contribution in [2.75, 3.05) is 31.6 Å². The second kappa shape index (κ2) is 8.53. The molecule has 0 radical (unpaired) electrons. The normalized spacial score (nSPS) is 16.4. The Morgan fingerprint density at radius 3 is 2.13 bits per heavy atom. The molecule has 0 saturated carbocycles. The molecule has 0 amide bonds. The van der Waals surface area contributed by atoms with Gasteiger partial charge in [-0.2, -0.15) is 17.5 Å². The number of sulfonamides is 1. The van der Waals surface area contributed by atoms with Crippen LogP contribution in [-0.4, -0.2) is 53.0 Å². The first kappa shape index (κ1) is 22.5. The fourth-order valence-electron chi connectivity index (χ4n) is 2.88. The third kappa shape index (κ3) is 4.61. The van der Waals surface area contributed by atoms with Gasteiger partial charge in [0.2, 0.25) is 10.0 Å². The number of nitrogens with zero attached hydrogens (tertiary/aromatic N) is 1. The van der Waals surface area contributed by atoms with E-state index in [1.807, 2.05) is 0 Å². The van der Waals surface area contributed by atoms with Crippen LogP contribution in [0.4, 0.5) is 18.9 Å². The van der Waals surface area contributed by atoms with Gasteiger partial charge in [-0.1, -0.05) is 24.3 Å². The van der Waals surface area contributed by atoms with Gasteiger partial charge in [0.05, 0.1) is 28.7 Å². The first-order chi connectivity index (χ1) is 14.0. The van der Waals surface area contributed by atoms with Crippen molar-refractivity contribution >= 4 is 25.5 Å². The molecule has 1 heterocycles. The third-order valence-electron chi connectivity index (χ3n) is 4.50. The van der Waals surface area contributed by atoms with Crippen LogP contribution in [0.5, 0.6) is 0 Å². The summed E-state index contributed by atoms with van der Waals surface area (Å²) < 4.78 is 93.8. The summed E-state index contributed by atoms with van der Waals surface area (Å²) >= 11 is 0. The zero-order chi connectivity index (χ0) is 22.0. The molecular weight excluding hydrogens is 445 g/mol. The number of benzene rings is 2. The molecule has 1 N–H and O–H groups in total. The SMILES string of the molecule is O=S(=O)(c1ccc(CNc2ccccc2S(=O)(=O)C(F)(F)F)cc1)N1CCOCC1. The average molecular weight is 464 g/mol. The molecule has 12 heteroatoms. The molecule has 0 unspecified atom stereocenters. The Kier molecular flexibility index (Phi) is 6.41. The average Bonchev–Trinajstić information content (AvgIpc) is 2.72. The molecule has 0 aliphatic carbocycles. The molecule has 0 atom stereocenters. The number of nitrogens with one attached hydrogen (secondary N) is 1. The summed E-state index contributed by atoms with van der Waals surface area (Å²) in [5.74, 6) is 0. The van der Waals surface area contributed by atoms with Gasteiger partial charge in [0.1, 0.15) is 0 Å². The van der Waals surface area contributed by atoms with E-state index in [2.05, 4.69) is 5.32 Å². The molecule has 2 aromatic carbocycles. The molecule has 0 spiro atoms. The fourth-order valence-corrected chi connectivity index (χ4v) is 5.23. The number of hydrogen-bond acceptors (Lipinski definition) is 6. The Hall–Kier alpha value is -2.15. The second-order valence-electron chi connectivity index (χ2n) is 6.46. The summed E-state index contributed by atoms with van der Waals surface area (Å²) in [6, 6.07) is 10.6. The second-order valence-corrected chi connectivity index (χ2v) is 10.3. The number of rotatable bonds is 6. The van der Waals surface area contributed by atoms with Gasteiger partial charge in [-0.3, -0.25) is 0 Å². The van der Waals surface area contributed by atoms with Crippen molar-refractivity contribution < 1.29 is 34.7 Å². The van der Waals surface area contributed by atoms with Gasteiger partial charge < -0.3 is 10.1 Å². The summed E-state index contributed by atoms with van der Waals surface area (Å²) in [6.07, 6.45) is 0. The van der Waals surface area contributed by atoms with Crippen LogP contribution in [-0.2, 0) is 31.1 Å². The van der Waals surface area contributed by atoms with Gasteiger partial charge in [0.15, 0.2) is 0 Å². The Morgan fingerprint density at radius 1 is 0.933 bits per heavy atom. The third-order valence-corrected chi connectivity index (χ3v) is 7.95. The maximum atomic E-state index is 12.9. The van der Waals surface area contributed by atoms with Gasteiger partial charge in [-0.25, -0.2) is 16.8 Å². The molecule has 1 aliphatic rings. The molecule has 2 aromatic rings. The topological polar surface area (TPSA) is 92.8 Å². The van der Waals surface area contributed by atoms with Gasteiger partial charge >= 0.3 is 5.51 Å². The highest BCUT2D eigenvalue weighted by Gasteiger charge is 2.47. The minimum atomic E-state index is -5.51. The highest BCUT2D eigenvalue weighted by atomic mass is 32.2. The van der Waals surface area contributed by atoms with Crippen molar-refractivity contribution in [2.45, 2.75) is 21.8 Å². The van der Waals surface area contributed by atoms with Crippen LogP contribution in [0.25, 0.3) is 0 Å². The maximum Gasteiger partial charge on any atom is 0.501 e. The summed E-state index contributed by atoms with van der Waals surface area (Å²) in [6.45, 7) is 1.16. The largest absolute Gasteiger partial charge is 0.501 e. The Morgan fingerprint density at radius 2 is 1.53 bits per heavy atom. The standard InChI is InChI=1S/C18H19F3N2O5S2/c19-18(20,21)29(24,25)17-4-2-1-3-16(17)22-13-14-5-7-15(8-6-14)30(26,27)23-9-11-28-12-10-23/h1-8,22H,9-13H2. The first-order valence-corrected chi connectivity index (χ1v) is 11.8. The molecule has 1 saturated heterocycles. The highest BCUT2D eigenvalue weighted by molar-refractivity contribution is 7.92. The van der Waals surface area contributed by atoms with Crippen LogP contribution in [0.2, 0.25) is 0 Å². The number of morpholine rings is 1. The zero-order valence-electron chi connectivity index (χ0n) is 15.6. The Balaban J connectivity index is 1.75. The lowest BCUT2D eigenvalue weighted by molar-refractivity contribution is -0.0435. The van der Waals surface area contributed by atoms with E-state index in [0.29, 0.717) is 18.8 Å². The van der Waals surface area contributed by atoms with E-state index in [-0.39, 0.29) is 30.2 Å². The fraction of sp³-hybridized carbons (Fsp3) is 0.333. The van der Waals surface area contributed by atoms with E-state index in [9.17, 15) is 30.0 Å². The minimum absolute atomic E-state index is 0.00225. The summed E-state index contributed by atoms with van der Waals surface area (Å²) in [7, 11) is -9.17. The van der Waals surface area contributed by atoms with Gasteiger partial charge in [0, 0.05) is 19.6 Å². The van der Waals surface area contributed by atoms with Crippen molar-refractivity contribution in [1.82, 2.24) is 4.31 Å². The van der Waals surface area contributed by atoms with Gasteiger partial charge in [-0.15, -0.1) is 0 Å².